The van der Waals surface area contributed by atoms with Gasteiger partial charge in [-0.05, 0) is 17.5 Å². The molecule has 3 amide bonds. The van der Waals surface area contributed by atoms with Crippen LogP contribution in [0.4, 0.5) is 5.69 Å². The molecule has 2 atom stereocenters. The summed E-state index contributed by atoms with van der Waals surface area (Å²) in [7, 11) is 0. The van der Waals surface area contributed by atoms with Gasteiger partial charge in [-0.3, -0.25) is 29.3 Å². The summed E-state index contributed by atoms with van der Waals surface area (Å²) in [5.41, 5.74) is 6.99. The zero-order valence-electron chi connectivity index (χ0n) is 21.4. The number of rotatable bonds is 16. The second kappa shape index (κ2) is 15.1. The molecule has 0 saturated heterocycles. The highest BCUT2D eigenvalue weighted by molar-refractivity contribution is 5.92. The normalized spacial score (nSPS) is 12.2. The predicted molar refractivity (Wildman–Crippen MR) is 140 cm³/mol. The van der Waals surface area contributed by atoms with Crippen molar-refractivity contribution in [1.29, 1.82) is 0 Å². The molecular formula is C27H34N4O7. The van der Waals surface area contributed by atoms with Crippen molar-refractivity contribution in [3.8, 4) is 0 Å². The van der Waals surface area contributed by atoms with Crippen molar-refractivity contribution >= 4 is 29.4 Å². The first-order valence-electron chi connectivity index (χ1n) is 12.5. The molecule has 204 valence electrons. The number of non-ortho nitro benzene ring substituents is 1. The molecule has 0 aromatic heterocycles. The maximum Gasteiger partial charge on any atom is 0.303 e. The van der Waals surface area contributed by atoms with Gasteiger partial charge in [0.25, 0.3) is 5.69 Å². The molecule has 0 heterocycles. The summed E-state index contributed by atoms with van der Waals surface area (Å²) < 4.78 is 0. The van der Waals surface area contributed by atoms with Crippen LogP contribution >= 0.6 is 0 Å². The predicted octanol–water partition coefficient (Wildman–Crippen LogP) is 2.60. The van der Waals surface area contributed by atoms with Crippen LogP contribution in [-0.4, -0.2) is 57.2 Å². The summed E-state index contributed by atoms with van der Waals surface area (Å²) in [4.78, 5) is 61.8. The molecule has 4 N–H and O–H groups in total. The molecule has 2 rings (SSSR count). The molecule has 0 spiro atoms. The SMILES string of the molecule is CCCCCN(C(=O)[C@H](Cc1ccccc1)NC(=O)CCC(=O)O)[C@@H](Cc1ccc([N+](=O)[O-])cc1)C(N)=O. The van der Waals surface area contributed by atoms with Gasteiger partial charge in [-0.2, -0.15) is 0 Å². The third kappa shape index (κ3) is 9.64. The summed E-state index contributed by atoms with van der Waals surface area (Å²) in [6.45, 7) is 2.21. The monoisotopic (exact) mass is 526 g/mol. The van der Waals surface area contributed by atoms with E-state index in [1.807, 2.05) is 13.0 Å². The Morgan fingerprint density at radius 1 is 0.974 bits per heavy atom. The molecule has 0 radical (unpaired) electrons. The molecular weight excluding hydrogens is 492 g/mol. The zero-order chi connectivity index (χ0) is 28.1. The number of hydrogen-bond donors (Lipinski definition) is 3. The fourth-order valence-electron chi connectivity index (χ4n) is 4.03. The first-order valence-corrected chi connectivity index (χ1v) is 12.5. The van der Waals surface area contributed by atoms with E-state index in [1.165, 1.54) is 29.2 Å². The third-order valence-corrected chi connectivity index (χ3v) is 6.05. The Morgan fingerprint density at radius 3 is 2.16 bits per heavy atom. The number of hydrogen-bond acceptors (Lipinski definition) is 6. The van der Waals surface area contributed by atoms with E-state index in [0.717, 1.165) is 18.4 Å². The van der Waals surface area contributed by atoms with Gasteiger partial charge in [0.1, 0.15) is 12.1 Å². The minimum Gasteiger partial charge on any atom is -0.481 e. The van der Waals surface area contributed by atoms with E-state index >= 15 is 0 Å². The largest absolute Gasteiger partial charge is 0.481 e. The van der Waals surface area contributed by atoms with Crippen molar-refractivity contribution in [3.05, 3.63) is 75.8 Å². The molecule has 0 aliphatic rings. The first kappa shape index (κ1) is 29.9. The Balaban J connectivity index is 2.37. The summed E-state index contributed by atoms with van der Waals surface area (Å²) in [6, 6.07) is 12.5. The van der Waals surface area contributed by atoms with E-state index < -0.39 is 40.7 Å². The average Bonchev–Trinajstić information content (AvgIpc) is 2.89. The highest BCUT2D eigenvalue weighted by Crippen LogP contribution is 2.18. The Morgan fingerprint density at radius 2 is 1.61 bits per heavy atom. The van der Waals surface area contributed by atoms with Gasteiger partial charge in [-0.1, -0.05) is 62.2 Å². The number of unbranched alkanes of at least 4 members (excludes halogenated alkanes) is 2. The number of primary amides is 1. The van der Waals surface area contributed by atoms with Gasteiger partial charge < -0.3 is 21.1 Å². The topological polar surface area (TPSA) is 173 Å². The van der Waals surface area contributed by atoms with E-state index in [2.05, 4.69) is 5.32 Å². The van der Waals surface area contributed by atoms with Gasteiger partial charge in [-0.15, -0.1) is 0 Å². The maximum absolute atomic E-state index is 13.9. The molecule has 0 saturated carbocycles. The quantitative estimate of drug-likeness (QED) is 0.171. The van der Waals surface area contributed by atoms with E-state index in [9.17, 15) is 29.3 Å². The van der Waals surface area contributed by atoms with E-state index in [0.29, 0.717) is 12.0 Å². The first-order chi connectivity index (χ1) is 18.1. The number of carboxylic acid groups (broad SMARTS) is 1. The maximum atomic E-state index is 13.9. The number of benzene rings is 2. The number of nitrogens with zero attached hydrogens (tertiary/aromatic N) is 2. The molecule has 0 bridgehead atoms. The molecule has 0 unspecified atom stereocenters. The van der Waals surface area contributed by atoms with Crippen LogP contribution in [0.25, 0.3) is 0 Å². The van der Waals surface area contributed by atoms with Crippen molar-refractivity contribution in [3.63, 3.8) is 0 Å². The fourth-order valence-corrected chi connectivity index (χ4v) is 4.03. The summed E-state index contributed by atoms with van der Waals surface area (Å²) in [5, 5.41) is 22.6. The van der Waals surface area contributed by atoms with Crippen LogP contribution in [0.1, 0.15) is 50.2 Å². The minimum absolute atomic E-state index is 0.0379. The summed E-state index contributed by atoms with van der Waals surface area (Å²) >= 11 is 0. The lowest BCUT2D eigenvalue weighted by Crippen LogP contribution is -2.56. The summed E-state index contributed by atoms with van der Waals surface area (Å²) in [6.07, 6.45) is 1.74. The van der Waals surface area contributed by atoms with E-state index in [4.69, 9.17) is 10.8 Å². The number of nitro benzene ring substituents is 1. The minimum atomic E-state index is -1.14. The summed E-state index contributed by atoms with van der Waals surface area (Å²) in [5.74, 6) is -2.99. The molecule has 2 aromatic carbocycles. The fraction of sp³-hybridized carbons (Fsp3) is 0.407. The lowest BCUT2D eigenvalue weighted by molar-refractivity contribution is -0.384. The Bertz CT molecular complexity index is 1110. The zero-order valence-corrected chi connectivity index (χ0v) is 21.4. The van der Waals surface area contributed by atoms with Gasteiger partial charge in [-0.25, -0.2) is 0 Å². The Hall–Kier alpha value is -4.28. The van der Waals surface area contributed by atoms with Crippen molar-refractivity contribution in [2.75, 3.05) is 6.54 Å². The smallest absolute Gasteiger partial charge is 0.303 e. The number of nitrogens with two attached hydrogens (primary N) is 1. The van der Waals surface area contributed by atoms with E-state index in [-0.39, 0.29) is 37.9 Å². The number of carbonyl (C=O) groups is 4. The van der Waals surface area contributed by atoms with Gasteiger partial charge in [0.2, 0.25) is 17.7 Å². The lowest BCUT2D eigenvalue weighted by atomic mass is 9.99. The second-order valence-electron chi connectivity index (χ2n) is 8.99. The van der Waals surface area contributed by atoms with E-state index in [1.54, 1.807) is 24.3 Å². The van der Waals surface area contributed by atoms with Crippen LogP contribution in [0, 0.1) is 10.1 Å². The van der Waals surface area contributed by atoms with Crippen LogP contribution in [0.3, 0.4) is 0 Å². The highest BCUT2D eigenvalue weighted by Gasteiger charge is 2.33. The van der Waals surface area contributed by atoms with Crippen LogP contribution in [0.5, 0.6) is 0 Å². The molecule has 0 fully saturated rings. The molecule has 0 aliphatic heterocycles. The van der Waals surface area contributed by atoms with Crippen LogP contribution in [0.15, 0.2) is 54.6 Å². The van der Waals surface area contributed by atoms with Gasteiger partial charge in [0, 0.05) is 37.9 Å². The Kier molecular flexibility index (Phi) is 11.9. The molecule has 0 aliphatic carbocycles. The van der Waals surface area contributed by atoms with Gasteiger partial charge in [0.05, 0.1) is 11.3 Å². The number of nitrogens with one attached hydrogen (secondary N) is 1. The van der Waals surface area contributed by atoms with Crippen LogP contribution in [0.2, 0.25) is 0 Å². The number of carboxylic acids is 1. The second-order valence-corrected chi connectivity index (χ2v) is 8.99. The standard InChI is InChI=1S/C27H34N4O7/c1-2-3-7-16-30(23(26(28)35)18-20-10-12-21(13-11-20)31(37)38)27(36)22(17-19-8-5-4-6-9-19)29-24(32)14-15-25(33)34/h4-6,8-13,22-23H,2-3,7,14-18H2,1H3,(H2,28,35)(H,29,32)(H,33,34)/t22-,23-/m0/s1. The molecule has 11 heteroatoms. The number of aliphatic carboxylic acids is 1. The molecule has 2 aromatic rings. The molecule has 11 nitrogen and oxygen atoms in total. The van der Waals surface area contributed by atoms with Crippen LogP contribution in [-0.2, 0) is 32.0 Å². The van der Waals surface area contributed by atoms with Crippen LogP contribution < -0.4 is 11.1 Å². The Labute approximate surface area is 221 Å². The number of carbonyl (C=O) groups excluding carboxylic acids is 3. The van der Waals surface area contributed by atoms with Gasteiger partial charge in [0.15, 0.2) is 0 Å². The van der Waals surface area contributed by atoms with Gasteiger partial charge >= 0.3 is 5.97 Å². The average molecular weight is 527 g/mol. The van der Waals surface area contributed by atoms with Crippen molar-refractivity contribution in [2.24, 2.45) is 5.73 Å². The number of nitro groups is 1. The number of amides is 3. The highest BCUT2D eigenvalue weighted by atomic mass is 16.6. The van der Waals surface area contributed by atoms with Crippen molar-refractivity contribution in [2.45, 2.75) is 64.0 Å². The van der Waals surface area contributed by atoms with Crippen molar-refractivity contribution in [1.82, 2.24) is 10.2 Å². The van der Waals surface area contributed by atoms with Crippen molar-refractivity contribution < 1.29 is 29.2 Å². The third-order valence-electron chi connectivity index (χ3n) is 6.05. The molecule has 38 heavy (non-hydrogen) atoms. The lowest BCUT2D eigenvalue weighted by Gasteiger charge is -2.33.